The lowest BCUT2D eigenvalue weighted by molar-refractivity contribution is -0.143. The zero-order valence-electron chi connectivity index (χ0n) is 19.5. The summed E-state index contributed by atoms with van der Waals surface area (Å²) in [6, 6.07) is 22.0. The first-order valence-electron chi connectivity index (χ1n) is 11.8. The van der Waals surface area contributed by atoms with E-state index in [9.17, 15) is 4.79 Å². The molecule has 6 nitrogen and oxygen atoms in total. The maximum Gasteiger partial charge on any atom is 0.306 e. The van der Waals surface area contributed by atoms with Crippen molar-refractivity contribution in [2.45, 2.75) is 32.1 Å². The number of H-pyrrole nitrogens is 1. The van der Waals surface area contributed by atoms with Gasteiger partial charge in [0.2, 0.25) is 0 Å². The van der Waals surface area contributed by atoms with E-state index in [1.165, 1.54) is 0 Å². The van der Waals surface area contributed by atoms with Gasteiger partial charge in [-0.25, -0.2) is 4.98 Å². The summed E-state index contributed by atoms with van der Waals surface area (Å²) in [5, 5.41) is 4.40. The number of aromatic nitrogens is 2. The van der Waals surface area contributed by atoms with E-state index < -0.39 is 0 Å². The number of ether oxygens (including phenoxy) is 2. The second-order valence-corrected chi connectivity index (χ2v) is 8.12. The summed E-state index contributed by atoms with van der Waals surface area (Å²) in [6.45, 7) is 3.73. The number of pyridine rings is 1. The number of benzene rings is 2. The highest BCUT2D eigenvalue weighted by Gasteiger charge is 2.22. The number of unbranched alkanes of at least 4 members (excludes halogenated alkanes) is 1. The summed E-state index contributed by atoms with van der Waals surface area (Å²) in [5.41, 5.74) is 3.17. The molecule has 0 fully saturated rings. The van der Waals surface area contributed by atoms with Gasteiger partial charge in [-0.2, -0.15) is 0 Å². The number of carbonyl (C=O) groups is 1. The van der Waals surface area contributed by atoms with E-state index in [-0.39, 0.29) is 11.9 Å². The first-order chi connectivity index (χ1) is 16.7. The second-order valence-electron chi connectivity index (χ2n) is 8.12. The molecule has 0 spiro atoms. The van der Waals surface area contributed by atoms with Crippen LogP contribution in [-0.2, 0) is 9.53 Å². The van der Waals surface area contributed by atoms with Crippen molar-refractivity contribution < 1.29 is 14.3 Å². The molecule has 4 aromatic rings. The molecule has 0 amide bonds. The molecule has 2 heterocycles. The number of rotatable bonds is 12. The topological polar surface area (TPSA) is 76.2 Å². The number of carbonyl (C=O) groups excluding carboxylic acids is 1. The van der Waals surface area contributed by atoms with Gasteiger partial charge in [0, 0.05) is 41.8 Å². The van der Waals surface area contributed by atoms with E-state index in [1.54, 1.807) is 6.20 Å². The lowest BCUT2D eigenvalue weighted by Gasteiger charge is -2.16. The van der Waals surface area contributed by atoms with E-state index in [4.69, 9.17) is 9.47 Å². The Bertz CT molecular complexity index is 1180. The van der Waals surface area contributed by atoms with Crippen molar-refractivity contribution in [1.29, 1.82) is 0 Å². The Kier molecular flexibility index (Phi) is 8.17. The smallest absolute Gasteiger partial charge is 0.306 e. The van der Waals surface area contributed by atoms with E-state index in [0.717, 1.165) is 53.0 Å². The van der Waals surface area contributed by atoms with Crippen LogP contribution >= 0.6 is 0 Å². The Labute approximate surface area is 200 Å². The van der Waals surface area contributed by atoms with Gasteiger partial charge >= 0.3 is 5.97 Å². The Morgan fingerprint density at radius 1 is 1.06 bits per heavy atom. The van der Waals surface area contributed by atoms with Crippen molar-refractivity contribution in [3.63, 3.8) is 0 Å². The summed E-state index contributed by atoms with van der Waals surface area (Å²) < 4.78 is 11.2. The number of hydrogen-bond donors (Lipinski definition) is 2. The van der Waals surface area contributed by atoms with Crippen LogP contribution in [0.3, 0.4) is 0 Å². The van der Waals surface area contributed by atoms with Gasteiger partial charge in [0.15, 0.2) is 0 Å². The molecule has 0 aliphatic rings. The summed E-state index contributed by atoms with van der Waals surface area (Å²) in [4.78, 5) is 19.9. The molecule has 6 heteroatoms. The van der Waals surface area contributed by atoms with Gasteiger partial charge in [0.05, 0.1) is 19.6 Å². The van der Waals surface area contributed by atoms with Crippen molar-refractivity contribution in [3.8, 4) is 5.75 Å². The van der Waals surface area contributed by atoms with Crippen molar-refractivity contribution in [2.24, 2.45) is 0 Å². The molecule has 1 unspecified atom stereocenters. The minimum absolute atomic E-state index is 0.0765. The first kappa shape index (κ1) is 23.4. The second kappa shape index (κ2) is 11.9. The number of anilines is 1. The Hall–Kier alpha value is -3.80. The van der Waals surface area contributed by atoms with Crippen LogP contribution in [0.5, 0.6) is 5.75 Å². The highest BCUT2D eigenvalue weighted by Crippen LogP contribution is 2.35. The molecule has 1 atom stereocenters. The lowest BCUT2D eigenvalue weighted by Crippen LogP contribution is -2.11. The first-order valence-corrected chi connectivity index (χ1v) is 11.8. The van der Waals surface area contributed by atoms with Crippen LogP contribution in [0.25, 0.3) is 10.9 Å². The van der Waals surface area contributed by atoms with Crippen LogP contribution in [0, 0.1) is 0 Å². The van der Waals surface area contributed by atoms with Crippen LogP contribution in [-0.4, -0.2) is 35.7 Å². The van der Waals surface area contributed by atoms with Crippen LogP contribution in [0.15, 0.2) is 79.1 Å². The Morgan fingerprint density at radius 3 is 2.71 bits per heavy atom. The summed E-state index contributed by atoms with van der Waals surface area (Å²) in [6.07, 6.45) is 6.03. The van der Waals surface area contributed by atoms with Gasteiger partial charge in [-0.15, -0.1) is 0 Å². The lowest BCUT2D eigenvalue weighted by atomic mass is 9.88. The van der Waals surface area contributed by atoms with E-state index >= 15 is 0 Å². The van der Waals surface area contributed by atoms with Gasteiger partial charge in [-0.3, -0.25) is 4.79 Å². The van der Waals surface area contributed by atoms with Crippen molar-refractivity contribution in [2.75, 3.05) is 25.1 Å². The monoisotopic (exact) mass is 457 g/mol. The third-order valence-electron chi connectivity index (χ3n) is 5.75. The van der Waals surface area contributed by atoms with Crippen LogP contribution in [0.2, 0.25) is 0 Å². The molecular formula is C28H31N3O3. The maximum atomic E-state index is 12.3. The van der Waals surface area contributed by atoms with E-state index in [0.29, 0.717) is 19.6 Å². The predicted molar refractivity (Wildman–Crippen MR) is 135 cm³/mol. The minimum atomic E-state index is -0.191. The molecule has 2 aromatic carbocycles. The van der Waals surface area contributed by atoms with Crippen molar-refractivity contribution >= 4 is 22.7 Å². The zero-order chi connectivity index (χ0) is 23.6. The fraction of sp³-hybridized carbons (Fsp3) is 0.286. The molecule has 176 valence electrons. The van der Waals surface area contributed by atoms with Crippen molar-refractivity contribution in [3.05, 3.63) is 90.3 Å². The molecule has 0 aliphatic carbocycles. The molecule has 2 N–H and O–H groups in total. The van der Waals surface area contributed by atoms with Gasteiger partial charge < -0.3 is 19.8 Å². The number of hydrogen-bond acceptors (Lipinski definition) is 5. The fourth-order valence-corrected chi connectivity index (χ4v) is 4.09. The zero-order valence-corrected chi connectivity index (χ0v) is 19.5. The molecule has 0 bridgehead atoms. The number of fused-ring (bicyclic) bond motifs is 1. The summed E-state index contributed by atoms with van der Waals surface area (Å²) in [5.74, 6) is 1.46. The molecule has 2 aromatic heterocycles. The average molecular weight is 458 g/mol. The highest BCUT2D eigenvalue weighted by molar-refractivity contribution is 5.86. The molecule has 0 radical (unpaired) electrons. The van der Waals surface area contributed by atoms with Gasteiger partial charge in [-0.1, -0.05) is 36.4 Å². The molecule has 0 saturated carbocycles. The summed E-state index contributed by atoms with van der Waals surface area (Å²) in [7, 11) is 0. The molecular weight excluding hydrogens is 426 g/mol. The Morgan fingerprint density at radius 2 is 1.91 bits per heavy atom. The van der Waals surface area contributed by atoms with E-state index in [1.807, 2.05) is 61.7 Å². The number of nitrogens with zero attached hydrogens (tertiary/aromatic N) is 1. The third-order valence-corrected chi connectivity index (χ3v) is 5.75. The normalized spacial score (nSPS) is 11.8. The average Bonchev–Trinajstić information content (AvgIpc) is 3.29. The predicted octanol–water partition coefficient (Wildman–Crippen LogP) is 5.92. The van der Waals surface area contributed by atoms with Crippen LogP contribution < -0.4 is 10.1 Å². The summed E-state index contributed by atoms with van der Waals surface area (Å²) >= 11 is 0. The molecule has 4 rings (SSSR count). The fourth-order valence-electron chi connectivity index (χ4n) is 4.09. The standard InChI is InChI=1S/C28H31N3O3/c1-2-33-28(32)19-24(21-10-4-3-5-11-21)25-20-31-26-18-22(13-14-23(25)26)34-17-9-8-16-30-27-12-6-7-15-29-27/h3-7,10-15,18,20,24,31H,2,8-9,16-17,19H2,1H3,(H,29,30). The minimum Gasteiger partial charge on any atom is -0.494 e. The number of aromatic amines is 1. The van der Waals surface area contributed by atoms with Gasteiger partial charge in [0.25, 0.3) is 0 Å². The number of esters is 1. The van der Waals surface area contributed by atoms with Crippen molar-refractivity contribution in [1.82, 2.24) is 9.97 Å². The molecule has 0 aliphatic heterocycles. The molecule has 34 heavy (non-hydrogen) atoms. The third kappa shape index (κ3) is 6.16. The van der Waals surface area contributed by atoms with Crippen LogP contribution in [0.4, 0.5) is 5.82 Å². The quantitative estimate of drug-likeness (QED) is 0.204. The van der Waals surface area contributed by atoms with Gasteiger partial charge in [-0.05, 0) is 55.2 Å². The Balaban J connectivity index is 1.37. The van der Waals surface area contributed by atoms with Crippen LogP contribution in [0.1, 0.15) is 43.2 Å². The molecule has 0 saturated heterocycles. The van der Waals surface area contributed by atoms with E-state index in [2.05, 4.69) is 33.5 Å². The number of nitrogens with one attached hydrogen (secondary N) is 2. The maximum absolute atomic E-state index is 12.3. The SMILES string of the molecule is CCOC(=O)CC(c1ccccc1)c1c[nH]c2cc(OCCCCNc3ccccn3)ccc12. The van der Waals surface area contributed by atoms with Gasteiger partial charge in [0.1, 0.15) is 11.6 Å². The highest BCUT2D eigenvalue weighted by atomic mass is 16.5. The largest absolute Gasteiger partial charge is 0.494 e.